The third kappa shape index (κ3) is 2.52. The molecule has 1 aromatic heterocycles. The molecule has 2 atom stereocenters. The highest BCUT2D eigenvalue weighted by Crippen LogP contribution is 2.30. The number of anilines is 1. The molecule has 3 nitrogen and oxygen atoms in total. The van der Waals surface area contributed by atoms with Crippen LogP contribution in [0.2, 0.25) is 5.28 Å². The quantitative estimate of drug-likeness (QED) is 0.742. The van der Waals surface area contributed by atoms with Crippen LogP contribution in [0.15, 0.2) is 24.3 Å². The molecule has 2 heterocycles. The molecule has 19 heavy (non-hydrogen) atoms. The average Bonchev–Trinajstić information content (AvgIpc) is 2.36. The summed E-state index contributed by atoms with van der Waals surface area (Å²) in [5.74, 6) is 2.36. The van der Waals surface area contributed by atoms with E-state index in [9.17, 15) is 0 Å². The summed E-state index contributed by atoms with van der Waals surface area (Å²) >= 11 is 6.07. The highest BCUT2D eigenvalue weighted by molar-refractivity contribution is 6.28. The Labute approximate surface area is 118 Å². The van der Waals surface area contributed by atoms with Crippen molar-refractivity contribution in [3.05, 3.63) is 29.5 Å². The van der Waals surface area contributed by atoms with Crippen LogP contribution in [0.5, 0.6) is 0 Å². The molecule has 1 aliphatic rings. The zero-order valence-electron chi connectivity index (χ0n) is 11.3. The first kappa shape index (κ1) is 12.7. The van der Waals surface area contributed by atoms with Gasteiger partial charge in [-0.3, -0.25) is 0 Å². The van der Waals surface area contributed by atoms with Gasteiger partial charge in [-0.1, -0.05) is 26.0 Å². The van der Waals surface area contributed by atoms with Crippen LogP contribution in [0.25, 0.3) is 10.9 Å². The van der Waals surface area contributed by atoms with E-state index in [-0.39, 0.29) is 0 Å². The molecule has 0 bridgehead atoms. The maximum absolute atomic E-state index is 6.07. The Hall–Kier alpha value is -1.35. The highest BCUT2D eigenvalue weighted by atomic mass is 35.5. The molecule has 100 valence electrons. The number of hydrogen-bond donors (Lipinski definition) is 0. The van der Waals surface area contributed by atoms with Crippen LogP contribution in [0, 0.1) is 11.8 Å². The van der Waals surface area contributed by atoms with Crippen molar-refractivity contribution in [2.75, 3.05) is 18.0 Å². The molecule has 2 unspecified atom stereocenters. The third-order valence-electron chi connectivity index (χ3n) is 3.72. The van der Waals surface area contributed by atoms with Crippen LogP contribution in [-0.4, -0.2) is 23.1 Å². The Kier molecular flexibility index (Phi) is 3.31. The first-order valence-corrected chi connectivity index (χ1v) is 7.18. The fourth-order valence-electron chi connectivity index (χ4n) is 3.11. The summed E-state index contributed by atoms with van der Waals surface area (Å²) in [6, 6.07) is 8.07. The Balaban J connectivity index is 2.08. The first-order valence-electron chi connectivity index (χ1n) is 6.80. The van der Waals surface area contributed by atoms with E-state index in [1.165, 1.54) is 6.42 Å². The molecular formula is C15H18ClN3. The highest BCUT2D eigenvalue weighted by Gasteiger charge is 2.24. The van der Waals surface area contributed by atoms with Crippen molar-refractivity contribution in [1.29, 1.82) is 0 Å². The molecule has 0 aliphatic carbocycles. The van der Waals surface area contributed by atoms with Crippen LogP contribution >= 0.6 is 11.6 Å². The molecule has 1 saturated heterocycles. The van der Waals surface area contributed by atoms with Crippen molar-refractivity contribution in [3.8, 4) is 0 Å². The topological polar surface area (TPSA) is 29.0 Å². The van der Waals surface area contributed by atoms with Crippen LogP contribution < -0.4 is 4.90 Å². The zero-order chi connectivity index (χ0) is 13.4. The predicted octanol–water partition coefficient (Wildman–Crippen LogP) is 3.77. The van der Waals surface area contributed by atoms with Gasteiger partial charge in [0.15, 0.2) is 0 Å². The van der Waals surface area contributed by atoms with Gasteiger partial charge in [0, 0.05) is 18.5 Å². The van der Waals surface area contributed by atoms with E-state index in [0.717, 1.165) is 29.8 Å². The van der Waals surface area contributed by atoms with Gasteiger partial charge in [-0.05, 0) is 42.0 Å². The number of rotatable bonds is 1. The van der Waals surface area contributed by atoms with E-state index in [4.69, 9.17) is 11.6 Å². The van der Waals surface area contributed by atoms with E-state index in [1.807, 2.05) is 18.2 Å². The molecule has 4 heteroatoms. The fraction of sp³-hybridized carbons (Fsp3) is 0.467. The number of piperidine rings is 1. The molecule has 2 aromatic rings. The van der Waals surface area contributed by atoms with Gasteiger partial charge in [0.05, 0.1) is 5.52 Å². The lowest BCUT2D eigenvalue weighted by Crippen LogP contribution is -2.39. The maximum atomic E-state index is 6.07. The van der Waals surface area contributed by atoms with Crippen molar-refractivity contribution in [2.24, 2.45) is 11.8 Å². The summed E-state index contributed by atoms with van der Waals surface area (Å²) in [6.07, 6.45) is 1.28. The standard InChI is InChI=1S/C15H18ClN3/c1-10-7-11(2)9-19(8-10)14-12-5-3-4-6-13(12)17-15(16)18-14/h3-6,10-11H,7-9H2,1-2H3. The fourth-order valence-corrected chi connectivity index (χ4v) is 3.28. The van der Waals surface area contributed by atoms with Crippen molar-refractivity contribution in [2.45, 2.75) is 20.3 Å². The second-order valence-corrected chi connectivity index (χ2v) is 6.02. The Bertz CT molecular complexity index is 589. The van der Waals surface area contributed by atoms with E-state index in [2.05, 4.69) is 34.8 Å². The normalized spacial score (nSPS) is 23.8. The lowest BCUT2D eigenvalue weighted by molar-refractivity contribution is 0.356. The molecule has 0 spiro atoms. The number of hydrogen-bond acceptors (Lipinski definition) is 3. The minimum Gasteiger partial charge on any atom is -0.355 e. The first-order chi connectivity index (χ1) is 9.13. The Morgan fingerprint density at radius 3 is 2.53 bits per heavy atom. The molecule has 0 amide bonds. The third-order valence-corrected chi connectivity index (χ3v) is 3.89. The molecule has 0 saturated carbocycles. The number of fused-ring (bicyclic) bond motifs is 1. The van der Waals surface area contributed by atoms with Crippen LogP contribution in [-0.2, 0) is 0 Å². The van der Waals surface area contributed by atoms with Crippen LogP contribution in [0.3, 0.4) is 0 Å². The van der Waals surface area contributed by atoms with Gasteiger partial charge in [0.25, 0.3) is 0 Å². The van der Waals surface area contributed by atoms with E-state index >= 15 is 0 Å². The van der Waals surface area contributed by atoms with Crippen molar-refractivity contribution in [3.63, 3.8) is 0 Å². The molecule has 1 fully saturated rings. The van der Waals surface area contributed by atoms with E-state index < -0.39 is 0 Å². The molecule has 1 aliphatic heterocycles. The number of aromatic nitrogens is 2. The molecule has 0 N–H and O–H groups in total. The van der Waals surface area contributed by atoms with Gasteiger partial charge in [0.1, 0.15) is 5.82 Å². The van der Waals surface area contributed by atoms with Gasteiger partial charge < -0.3 is 4.90 Å². The SMILES string of the molecule is CC1CC(C)CN(c2nc(Cl)nc3ccccc23)C1. The number of nitrogens with zero attached hydrogens (tertiary/aromatic N) is 3. The largest absolute Gasteiger partial charge is 0.355 e. The number of para-hydroxylation sites is 1. The molecule has 1 aromatic carbocycles. The number of benzene rings is 1. The van der Waals surface area contributed by atoms with Crippen molar-refractivity contribution < 1.29 is 0 Å². The van der Waals surface area contributed by atoms with Gasteiger partial charge >= 0.3 is 0 Å². The summed E-state index contributed by atoms with van der Waals surface area (Å²) in [5.41, 5.74) is 0.920. The lowest BCUT2D eigenvalue weighted by atomic mass is 9.92. The minimum absolute atomic E-state index is 0.333. The zero-order valence-corrected chi connectivity index (χ0v) is 12.1. The van der Waals surface area contributed by atoms with E-state index in [1.54, 1.807) is 0 Å². The van der Waals surface area contributed by atoms with Gasteiger partial charge in [-0.25, -0.2) is 4.98 Å². The summed E-state index contributed by atoms with van der Waals surface area (Å²) in [6.45, 7) is 6.69. The van der Waals surface area contributed by atoms with Gasteiger partial charge in [-0.15, -0.1) is 0 Å². The summed E-state index contributed by atoms with van der Waals surface area (Å²) in [4.78, 5) is 11.1. The summed E-state index contributed by atoms with van der Waals surface area (Å²) in [5, 5.41) is 1.42. The minimum atomic E-state index is 0.333. The van der Waals surface area contributed by atoms with Crippen molar-refractivity contribution in [1.82, 2.24) is 9.97 Å². The maximum Gasteiger partial charge on any atom is 0.224 e. The van der Waals surface area contributed by atoms with Crippen molar-refractivity contribution >= 4 is 28.3 Å². The number of halogens is 1. The smallest absolute Gasteiger partial charge is 0.224 e. The Morgan fingerprint density at radius 2 is 1.79 bits per heavy atom. The van der Waals surface area contributed by atoms with Crippen LogP contribution in [0.1, 0.15) is 20.3 Å². The monoisotopic (exact) mass is 275 g/mol. The molecule has 3 rings (SSSR count). The van der Waals surface area contributed by atoms with Gasteiger partial charge in [0.2, 0.25) is 5.28 Å². The predicted molar refractivity (Wildman–Crippen MR) is 79.7 cm³/mol. The second-order valence-electron chi connectivity index (χ2n) is 5.68. The molecular weight excluding hydrogens is 258 g/mol. The second kappa shape index (κ2) is 4.97. The molecule has 0 radical (unpaired) electrons. The summed E-state index contributed by atoms with van der Waals surface area (Å²) < 4.78 is 0. The Morgan fingerprint density at radius 1 is 1.11 bits per heavy atom. The van der Waals surface area contributed by atoms with E-state index in [0.29, 0.717) is 17.1 Å². The summed E-state index contributed by atoms with van der Waals surface area (Å²) in [7, 11) is 0. The van der Waals surface area contributed by atoms with Crippen LogP contribution in [0.4, 0.5) is 5.82 Å². The lowest BCUT2D eigenvalue weighted by Gasteiger charge is -2.36. The van der Waals surface area contributed by atoms with Gasteiger partial charge in [-0.2, -0.15) is 4.98 Å². The average molecular weight is 276 g/mol.